The fraction of sp³-hybridized carbons (Fsp3) is 0.219. The van der Waals surface area contributed by atoms with Crippen molar-refractivity contribution in [3.8, 4) is 11.5 Å². The van der Waals surface area contributed by atoms with Crippen molar-refractivity contribution in [2.75, 3.05) is 7.11 Å². The third-order valence-electron chi connectivity index (χ3n) is 6.56. The van der Waals surface area contributed by atoms with E-state index in [1.807, 2.05) is 36.4 Å². The third kappa shape index (κ3) is 6.31. The third-order valence-corrected chi connectivity index (χ3v) is 8.05. The molecule has 1 atom stereocenters. The van der Waals surface area contributed by atoms with Gasteiger partial charge < -0.3 is 14.2 Å². The number of thiazole rings is 1. The van der Waals surface area contributed by atoms with Crippen molar-refractivity contribution in [1.29, 1.82) is 0 Å². The van der Waals surface area contributed by atoms with E-state index in [0.717, 1.165) is 16.7 Å². The van der Waals surface area contributed by atoms with Crippen molar-refractivity contribution in [2.45, 2.75) is 39.5 Å². The van der Waals surface area contributed by atoms with Crippen LogP contribution in [0.3, 0.4) is 0 Å². The summed E-state index contributed by atoms with van der Waals surface area (Å²) in [6.07, 6.45) is 1.45. The molecule has 0 saturated heterocycles. The van der Waals surface area contributed by atoms with Crippen molar-refractivity contribution in [1.82, 2.24) is 4.57 Å². The van der Waals surface area contributed by atoms with Gasteiger partial charge in [0, 0.05) is 10.0 Å². The van der Waals surface area contributed by atoms with E-state index in [1.54, 1.807) is 68.9 Å². The van der Waals surface area contributed by atoms with Crippen LogP contribution in [-0.4, -0.2) is 23.8 Å². The summed E-state index contributed by atoms with van der Waals surface area (Å²) in [5, 5.41) is 1.21. The van der Waals surface area contributed by atoms with Crippen molar-refractivity contribution in [2.24, 2.45) is 4.99 Å². The molecule has 0 saturated carbocycles. The number of benzene rings is 3. The van der Waals surface area contributed by atoms with E-state index in [0.29, 0.717) is 48.8 Å². The van der Waals surface area contributed by atoms with Crippen molar-refractivity contribution in [3.63, 3.8) is 0 Å². The first-order chi connectivity index (χ1) is 20.1. The van der Waals surface area contributed by atoms with Gasteiger partial charge in [-0.2, -0.15) is 0 Å². The smallest absolute Gasteiger partial charge is 0.338 e. The molecular formula is C32H28Cl2N2O5S. The highest BCUT2D eigenvalue weighted by molar-refractivity contribution is 7.07. The molecule has 0 radical (unpaired) electrons. The molecule has 0 amide bonds. The molecule has 7 nitrogen and oxygen atoms in total. The van der Waals surface area contributed by atoms with E-state index in [4.69, 9.17) is 37.4 Å². The quantitative estimate of drug-likeness (QED) is 0.223. The van der Waals surface area contributed by atoms with Gasteiger partial charge in [-0.05, 0) is 79.9 Å². The Morgan fingerprint density at radius 1 is 1.02 bits per heavy atom. The summed E-state index contributed by atoms with van der Waals surface area (Å²) in [7, 11) is 1.56. The Balaban J connectivity index is 1.53. The molecule has 0 fully saturated rings. The maximum Gasteiger partial charge on any atom is 0.338 e. The lowest BCUT2D eigenvalue weighted by Gasteiger charge is -2.25. The molecule has 42 heavy (non-hydrogen) atoms. The van der Waals surface area contributed by atoms with E-state index in [9.17, 15) is 9.59 Å². The lowest BCUT2D eigenvalue weighted by molar-refractivity contribution is -0.143. The average Bonchev–Trinajstić information content (AvgIpc) is 3.26. The lowest BCUT2D eigenvalue weighted by Crippen LogP contribution is -2.40. The molecule has 1 aromatic heterocycles. The largest absolute Gasteiger partial charge is 0.493 e. The second-order valence-corrected chi connectivity index (χ2v) is 11.8. The van der Waals surface area contributed by atoms with Gasteiger partial charge in [0.1, 0.15) is 6.61 Å². The Labute approximate surface area is 256 Å². The van der Waals surface area contributed by atoms with Crippen LogP contribution in [0.15, 0.2) is 87.8 Å². The highest BCUT2D eigenvalue weighted by Crippen LogP contribution is 2.32. The summed E-state index contributed by atoms with van der Waals surface area (Å²) >= 11 is 13.4. The molecule has 1 aliphatic rings. The second kappa shape index (κ2) is 12.6. The van der Waals surface area contributed by atoms with Gasteiger partial charge in [-0.3, -0.25) is 9.36 Å². The van der Waals surface area contributed by atoms with Crippen LogP contribution in [0.1, 0.15) is 43.5 Å². The van der Waals surface area contributed by atoms with Gasteiger partial charge in [-0.25, -0.2) is 9.79 Å². The second-order valence-electron chi connectivity index (χ2n) is 9.91. The number of allylic oxidation sites excluding steroid dienone is 1. The Kier molecular flexibility index (Phi) is 8.87. The number of carbonyl (C=O) groups is 1. The normalized spacial score (nSPS) is 14.9. The molecule has 1 aliphatic heterocycles. The molecular weight excluding hydrogens is 595 g/mol. The summed E-state index contributed by atoms with van der Waals surface area (Å²) < 4.78 is 19.1. The van der Waals surface area contributed by atoms with Gasteiger partial charge in [0.15, 0.2) is 16.3 Å². The predicted molar refractivity (Wildman–Crippen MR) is 165 cm³/mol. The first kappa shape index (κ1) is 29.6. The SMILES string of the molecule is COc1cc(/C=c2\sc3n(c2=O)C(c2ccc(Cl)cc2)C(C(=O)OC(C)C)=C(C)N=3)ccc1OCc1ccc(Cl)cc1. The number of nitrogens with zero attached hydrogens (tertiary/aromatic N) is 2. The molecule has 0 N–H and O–H groups in total. The van der Waals surface area contributed by atoms with E-state index in [1.165, 1.54) is 11.3 Å². The molecule has 3 aromatic carbocycles. The standard InChI is InChI=1S/C32H28Cl2N2O5S/c1-18(2)41-31(38)28-19(3)35-32-36(29(28)22-8-12-24(34)13-9-22)30(37)27(42-32)16-21-7-14-25(26(15-21)39-4)40-17-20-5-10-23(33)11-6-20/h5-16,18,29H,17H2,1-4H3/b27-16-. The number of carbonyl (C=O) groups excluding carboxylic acids is 1. The highest BCUT2D eigenvalue weighted by atomic mass is 35.5. The molecule has 4 aromatic rings. The summed E-state index contributed by atoms with van der Waals surface area (Å²) in [6, 6.07) is 19.2. The minimum atomic E-state index is -0.718. The fourth-order valence-corrected chi connectivity index (χ4v) is 5.91. The number of halogens is 2. The number of fused-ring (bicyclic) bond motifs is 1. The van der Waals surface area contributed by atoms with Crippen molar-refractivity contribution < 1.29 is 19.0 Å². The molecule has 0 aliphatic carbocycles. The maximum atomic E-state index is 13.9. The molecule has 10 heteroatoms. The monoisotopic (exact) mass is 622 g/mol. The number of aromatic nitrogens is 1. The van der Waals surface area contributed by atoms with Crippen LogP contribution < -0.4 is 24.4 Å². The van der Waals surface area contributed by atoms with Crippen LogP contribution >= 0.6 is 34.5 Å². The number of hydrogen-bond acceptors (Lipinski definition) is 7. The van der Waals surface area contributed by atoms with E-state index in [-0.39, 0.29) is 11.7 Å². The van der Waals surface area contributed by atoms with Crippen molar-refractivity contribution in [3.05, 3.63) is 124 Å². The van der Waals surface area contributed by atoms with Crippen LogP contribution in [0.25, 0.3) is 6.08 Å². The zero-order valence-electron chi connectivity index (χ0n) is 23.4. The molecule has 2 heterocycles. The predicted octanol–water partition coefficient (Wildman–Crippen LogP) is 6.08. The summed E-state index contributed by atoms with van der Waals surface area (Å²) in [4.78, 5) is 32.2. The molecule has 1 unspecified atom stereocenters. The maximum absolute atomic E-state index is 13.9. The highest BCUT2D eigenvalue weighted by Gasteiger charge is 2.33. The van der Waals surface area contributed by atoms with Crippen LogP contribution in [0, 0.1) is 0 Å². The molecule has 5 rings (SSSR count). The summed E-state index contributed by atoms with van der Waals surface area (Å²) in [5.74, 6) is 0.580. The number of ether oxygens (including phenoxy) is 3. The minimum Gasteiger partial charge on any atom is -0.493 e. The number of rotatable bonds is 8. The van der Waals surface area contributed by atoms with Gasteiger partial charge in [-0.1, -0.05) is 64.9 Å². The zero-order valence-corrected chi connectivity index (χ0v) is 25.7. The molecule has 0 bridgehead atoms. The molecule has 216 valence electrons. The Bertz CT molecular complexity index is 1840. The number of methoxy groups -OCH3 is 1. The van der Waals surface area contributed by atoms with Gasteiger partial charge in [0.2, 0.25) is 0 Å². The first-order valence-corrected chi connectivity index (χ1v) is 14.8. The van der Waals surface area contributed by atoms with E-state index < -0.39 is 12.0 Å². The van der Waals surface area contributed by atoms with Crippen LogP contribution in [0.5, 0.6) is 11.5 Å². The van der Waals surface area contributed by atoms with E-state index in [2.05, 4.69) is 4.99 Å². The van der Waals surface area contributed by atoms with E-state index >= 15 is 0 Å². The Morgan fingerprint density at radius 3 is 2.33 bits per heavy atom. The van der Waals surface area contributed by atoms with Gasteiger partial charge in [0.25, 0.3) is 5.56 Å². The van der Waals surface area contributed by atoms with Gasteiger partial charge in [-0.15, -0.1) is 0 Å². The minimum absolute atomic E-state index is 0.275. The first-order valence-electron chi connectivity index (χ1n) is 13.2. The Hall–Kier alpha value is -3.85. The van der Waals surface area contributed by atoms with Crippen LogP contribution in [-0.2, 0) is 16.1 Å². The van der Waals surface area contributed by atoms with Crippen LogP contribution in [0.2, 0.25) is 10.0 Å². The number of esters is 1. The lowest BCUT2D eigenvalue weighted by atomic mass is 9.96. The van der Waals surface area contributed by atoms with Crippen LogP contribution in [0.4, 0.5) is 0 Å². The van der Waals surface area contributed by atoms with Gasteiger partial charge in [0.05, 0.1) is 35.1 Å². The van der Waals surface area contributed by atoms with Gasteiger partial charge >= 0.3 is 5.97 Å². The average molecular weight is 624 g/mol. The Morgan fingerprint density at radius 2 is 1.69 bits per heavy atom. The zero-order chi connectivity index (χ0) is 30.0. The molecule has 0 spiro atoms. The number of hydrogen-bond donors (Lipinski definition) is 0. The summed E-state index contributed by atoms with van der Waals surface area (Å²) in [6.45, 7) is 5.66. The topological polar surface area (TPSA) is 79.1 Å². The fourth-order valence-electron chi connectivity index (χ4n) is 4.61. The van der Waals surface area contributed by atoms with Crippen molar-refractivity contribution >= 4 is 46.6 Å². The summed E-state index contributed by atoms with van der Waals surface area (Å²) in [5.41, 5.74) is 2.97.